The van der Waals surface area contributed by atoms with Crippen molar-refractivity contribution in [3.63, 3.8) is 0 Å². The zero-order chi connectivity index (χ0) is 27.3. The van der Waals surface area contributed by atoms with Crippen molar-refractivity contribution in [3.05, 3.63) is 31.9 Å². The van der Waals surface area contributed by atoms with Crippen LogP contribution in [-0.2, 0) is 25.7 Å². The Bertz CT molecular complexity index is 1250. The molecule has 198 valence electrons. The molecule has 2 aliphatic heterocycles. The molecule has 0 radical (unpaired) electrons. The van der Waals surface area contributed by atoms with Crippen molar-refractivity contribution in [2.75, 3.05) is 31.1 Å². The molecule has 3 heterocycles. The van der Waals surface area contributed by atoms with Crippen molar-refractivity contribution in [2.24, 2.45) is 5.92 Å². The topological polar surface area (TPSA) is 133 Å². The highest BCUT2D eigenvalue weighted by molar-refractivity contribution is 8.26. The molecule has 3 rings (SSSR count). The molecule has 37 heavy (non-hydrogen) atoms. The van der Waals surface area contributed by atoms with E-state index in [0.717, 1.165) is 11.8 Å². The van der Waals surface area contributed by atoms with E-state index < -0.39 is 11.5 Å². The fourth-order valence-corrected chi connectivity index (χ4v) is 5.90. The SMILES string of the molecule is CCOC(=O)C1CCCN(c2c(/C=C3/SC(=S)N(CCCC(=O)O)C3=O)c(C)c(C#N)c(=O)n2CC)C1. The second kappa shape index (κ2) is 12.4. The highest BCUT2D eigenvalue weighted by Gasteiger charge is 2.34. The second-order valence-corrected chi connectivity index (χ2v) is 10.4. The molecule has 1 aromatic heterocycles. The molecule has 2 fully saturated rings. The quantitative estimate of drug-likeness (QED) is 0.280. The number of carboxylic acid groups (broad SMARTS) is 1. The van der Waals surface area contributed by atoms with Crippen molar-refractivity contribution in [1.82, 2.24) is 9.47 Å². The number of thiocarbonyl (C=S) groups is 1. The number of hydrogen-bond donors (Lipinski definition) is 1. The third kappa shape index (κ3) is 6.05. The van der Waals surface area contributed by atoms with Crippen molar-refractivity contribution in [3.8, 4) is 6.07 Å². The van der Waals surface area contributed by atoms with E-state index in [1.807, 2.05) is 11.0 Å². The lowest BCUT2D eigenvalue weighted by molar-refractivity contribution is -0.148. The minimum Gasteiger partial charge on any atom is -0.481 e. The number of hydrogen-bond acceptors (Lipinski definition) is 9. The van der Waals surface area contributed by atoms with Crippen LogP contribution in [0.3, 0.4) is 0 Å². The first-order valence-electron chi connectivity index (χ1n) is 12.2. The molecule has 1 N–H and O–H groups in total. The number of pyridine rings is 1. The maximum absolute atomic E-state index is 13.2. The molecule has 0 aromatic carbocycles. The number of nitriles is 1. The minimum atomic E-state index is -0.949. The van der Waals surface area contributed by atoms with E-state index in [2.05, 4.69) is 0 Å². The normalized spacial score (nSPS) is 18.9. The van der Waals surface area contributed by atoms with E-state index in [-0.39, 0.29) is 49.4 Å². The molecule has 1 atom stereocenters. The number of carboxylic acids is 1. The van der Waals surface area contributed by atoms with Crippen LogP contribution in [0, 0.1) is 24.2 Å². The molecule has 0 saturated carbocycles. The van der Waals surface area contributed by atoms with Crippen molar-refractivity contribution in [2.45, 2.75) is 53.0 Å². The molecule has 0 spiro atoms. The number of amides is 1. The number of ether oxygens (including phenoxy) is 1. The number of thioether (sulfide) groups is 1. The number of esters is 1. The average molecular weight is 547 g/mol. The minimum absolute atomic E-state index is 0.00672. The highest BCUT2D eigenvalue weighted by atomic mass is 32.2. The number of aliphatic carboxylic acids is 1. The van der Waals surface area contributed by atoms with Gasteiger partial charge in [-0.3, -0.25) is 28.6 Å². The van der Waals surface area contributed by atoms with Gasteiger partial charge in [0.1, 0.15) is 21.8 Å². The van der Waals surface area contributed by atoms with E-state index in [1.165, 1.54) is 9.47 Å². The summed E-state index contributed by atoms with van der Waals surface area (Å²) in [6.07, 6.45) is 3.23. The standard InChI is InChI=1S/C25H30N4O6S2/c1-4-28-21(27-10-6-8-16(14-27)24(34)35-5-2)17(15(3)18(13-26)22(28)32)12-19-23(33)29(25(36)37-19)11-7-9-20(30)31/h12,16H,4-11,14H2,1-3H3,(H,30,31)/b19-12+. The van der Waals surface area contributed by atoms with E-state index >= 15 is 0 Å². The third-order valence-electron chi connectivity index (χ3n) is 6.42. The van der Waals surface area contributed by atoms with E-state index in [1.54, 1.807) is 26.8 Å². The maximum Gasteiger partial charge on any atom is 0.310 e. The predicted molar refractivity (Wildman–Crippen MR) is 144 cm³/mol. The summed E-state index contributed by atoms with van der Waals surface area (Å²) in [5.74, 6) is -1.39. The zero-order valence-corrected chi connectivity index (χ0v) is 22.7. The lowest BCUT2D eigenvalue weighted by Gasteiger charge is -2.36. The molecule has 1 aromatic rings. The Balaban J connectivity index is 2.09. The third-order valence-corrected chi connectivity index (χ3v) is 7.80. The van der Waals surface area contributed by atoms with Gasteiger partial charge in [0.05, 0.1) is 17.4 Å². The summed E-state index contributed by atoms with van der Waals surface area (Å²) >= 11 is 6.48. The molecule has 0 aliphatic carbocycles. The summed E-state index contributed by atoms with van der Waals surface area (Å²) in [5.41, 5.74) is 0.567. The van der Waals surface area contributed by atoms with Gasteiger partial charge in [-0.15, -0.1) is 0 Å². The Kier molecular flexibility index (Phi) is 9.50. The number of rotatable bonds is 9. The summed E-state index contributed by atoms with van der Waals surface area (Å²) < 4.78 is 7.07. The number of carbonyl (C=O) groups excluding carboxylic acids is 2. The van der Waals surface area contributed by atoms with Gasteiger partial charge in [-0.25, -0.2) is 0 Å². The summed E-state index contributed by atoms with van der Waals surface area (Å²) in [6, 6.07) is 2.01. The van der Waals surface area contributed by atoms with Crippen LogP contribution in [-0.4, -0.2) is 63.0 Å². The van der Waals surface area contributed by atoms with Crippen molar-refractivity contribution in [1.29, 1.82) is 5.26 Å². The van der Waals surface area contributed by atoms with Gasteiger partial charge >= 0.3 is 11.9 Å². The Labute approximate surface area is 224 Å². The van der Waals surface area contributed by atoms with Crippen LogP contribution in [0.1, 0.15) is 56.2 Å². The largest absolute Gasteiger partial charge is 0.481 e. The van der Waals surface area contributed by atoms with Crippen molar-refractivity contribution >= 4 is 58.0 Å². The molecular formula is C25H30N4O6S2. The number of carbonyl (C=O) groups is 3. The van der Waals surface area contributed by atoms with Gasteiger partial charge < -0.3 is 14.7 Å². The Morgan fingerprint density at radius 1 is 1.32 bits per heavy atom. The van der Waals surface area contributed by atoms with Crippen LogP contribution in [0.5, 0.6) is 0 Å². The van der Waals surface area contributed by atoms with Gasteiger partial charge in [0.25, 0.3) is 11.5 Å². The summed E-state index contributed by atoms with van der Waals surface area (Å²) in [4.78, 5) is 53.4. The van der Waals surface area contributed by atoms with Gasteiger partial charge in [0.15, 0.2) is 0 Å². The van der Waals surface area contributed by atoms with Gasteiger partial charge in [-0.2, -0.15) is 5.26 Å². The van der Waals surface area contributed by atoms with E-state index in [9.17, 15) is 24.4 Å². The van der Waals surface area contributed by atoms with Crippen LogP contribution in [0.2, 0.25) is 0 Å². The summed E-state index contributed by atoms with van der Waals surface area (Å²) in [7, 11) is 0. The first-order valence-corrected chi connectivity index (χ1v) is 13.4. The van der Waals surface area contributed by atoms with E-state index in [0.29, 0.717) is 58.6 Å². The second-order valence-electron chi connectivity index (χ2n) is 8.77. The van der Waals surface area contributed by atoms with Crippen LogP contribution < -0.4 is 10.5 Å². The first-order chi connectivity index (χ1) is 17.6. The predicted octanol–water partition coefficient (Wildman–Crippen LogP) is 2.89. The zero-order valence-electron chi connectivity index (χ0n) is 21.1. The van der Waals surface area contributed by atoms with Crippen LogP contribution in [0.15, 0.2) is 9.70 Å². The molecule has 10 nitrogen and oxygen atoms in total. The molecule has 1 amide bonds. The van der Waals surface area contributed by atoms with Gasteiger partial charge in [-0.05, 0) is 51.7 Å². The monoisotopic (exact) mass is 546 g/mol. The summed E-state index contributed by atoms with van der Waals surface area (Å²) in [5, 5.41) is 18.7. The number of piperidine rings is 1. The lowest BCUT2D eigenvalue weighted by Crippen LogP contribution is -2.43. The van der Waals surface area contributed by atoms with Crippen LogP contribution in [0.25, 0.3) is 6.08 Å². The summed E-state index contributed by atoms with van der Waals surface area (Å²) in [6.45, 7) is 6.94. The molecule has 1 unspecified atom stereocenters. The fourth-order valence-electron chi connectivity index (χ4n) is 4.61. The van der Waals surface area contributed by atoms with Gasteiger partial charge in [0.2, 0.25) is 0 Å². The molecular weight excluding hydrogens is 516 g/mol. The van der Waals surface area contributed by atoms with E-state index in [4.69, 9.17) is 22.1 Å². The average Bonchev–Trinajstić information content (AvgIpc) is 3.13. The smallest absolute Gasteiger partial charge is 0.310 e. The number of nitrogens with zero attached hydrogens (tertiary/aromatic N) is 4. The Morgan fingerprint density at radius 2 is 2.05 bits per heavy atom. The molecule has 2 aliphatic rings. The molecule has 0 bridgehead atoms. The fraction of sp³-hybridized carbons (Fsp3) is 0.520. The van der Waals surface area contributed by atoms with Crippen molar-refractivity contribution < 1.29 is 24.2 Å². The van der Waals surface area contributed by atoms with Crippen LogP contribution >= 0.6 is 24.0 Å². The maximum atomic E-state index is 13.2. The molecule has 12 heteroatoms. The Hall–Kier alpha value is -3.17. The number of aromatic nitrogens is 1. The Morgan fingerprint density at radius 3 is 2.68 bits per heavy atom. The molecule has 2 saturated heterocycles. The first kappa shape index (κ1) is 28.4. The number of anilines is 1. The van der Waals surface area contributed by atoms with Crippen LogP contribution in [0.4, 0.5) is 5.82 Å². The van der Waals surface area contributed by atoms with Gasteiger partial charge in [-0.1, -0.05) is 24.0 Å². The lowest BCUT2D eigenvalue weighted by atomic mass is 9.96. The highest BCUT2D eigenvalue weighted by Crippen LogP contribution is 2.37. The van der Waals surface area contributed by atoms with Gasteiger partial charge in [0, 0.05) is 38.2 Å².